The van der Waals surface area contributed by atoms with Crippen molar-refractivity contribution in [1.29, 1.82) is 5.26 Å². The Morgan fingerprint density at radius 2 is 2.50 bits per heavy atom. The van der Waals surface area contributed by atoms with Crippen molar-refractivity contribution in [3.05, 3.63) is 23.7 Å². The molecule has 0 fully saturated rings. The van der Waals surface area contributed by atoms with Gasteiger partial charge in [0.05, 0.1) is 25.2 Å². The highest BCUT2D eigenvalue weighted by molar-refractivity contribution is 5.82. The molecule has 3 nitrogen and oxygen atoms in total. The molecule has 0 aromatic carbocycles. The number of rotatable bonds is 3. The molecule has 1 heterocycles. The second kappa shape index (κ2) is 3.72. The second-order valence-electron chi connectivity index (χ2n) is 2.58. The number of ketones is 1. The number of aryl methyl sites for hydroxylation is 1. The van der Waals surface area contributed by atoms with Crippen LogP contribution in [0.2, 0.25) is 0 Å². The topological polar surface area (TPSA) is 54.0 Å². The van der Waals surface area contributed by atoms with E-state index in [0.29, 0.717) is 5.76 Å². The zero-order chi connectivity index (χ0) is 8.97. The molecule has 3 heteroatoms. The Labute approximate surface area is 70.6 Å². The van der Waals surface area contributed by atoms with Crippen LogP contribution in [0.15, 0.2) is 16.7 Å². The Morgan fingerprint density at radius 3 is 3.00 bits per heavy atom. The molecule has 0 unspecified atom stereocenters. The number of nitriles is 1. The summed E-state index contributed by atoms with van der Waals surface area (Å²) in [5, 5.41) is 8.23. The van der Waals surface area contributed by atoms with Gasteiger partial charge < -0.3 is 4.42 Å². The number of nitrogens with zero attached hydrogens (tertiary/aromatic N) is 1. The van der Waals surface area contributed by atoms with Crippen LogP contribution >= 0.6 is 0 Å². The minimum atomic E-state index is -0.101. The molecular weight excluding hydrogens is 154 g/mol. The van der Waals surface area contributed by atoms with Crippen molar-refractivity contribution in [3.63, 3.8) is 0 Å². The van der Waals surface area contributed by atoms with Gasteiger partial charge in [0.2, 0.25) is 0 Å². The molecule has 12 heavy (non-hydrogen) atoms. The lowest BCUT2D eigenvalue weighted by Crippen LogP contribution is -2.00. The Kier molecular flexibility index (Phi) is 2.65. The molecule has 62 valence electrons. The average Bonchev–Trinajstić information content (AvgIpc) is 2.37. The van der Waals surface area contributed by atoms with Gasteiger partial charge >= 0.3 is 0 Å². The molecule has 1 rings (SSSR count). The molecule has 0 aliphatic heterocycles. The number of carbonyl (C=O) groups is 1. The van der Waals surface area contributed by atoms with Crippen LogP contribution in [0.4, 0.5) is 0 Å². The van der Waals surface area contributed by atoms with Crippen LogP contribution in [0.3, 0.4) is 0 Å². The molecule has 0 radical (unpaired) electrons. The first kappa shape index (κ1) is 8.54. The van der Waals surface area contributed by atoms with Crippen molar-refractivity contribution < 1.29 is 9.21 Å². The number of hydrogen-bond donors (Lipinski definition) is 0. The van der Waals surface area contributed by atoms with Crippen LogP contribution in [-0.2, 0) is 11.2 Å². The molecule has 0 bridgehead atoms. The van der Waals surface area contributed by atoms with Gasteiger partial charge in [-0.3, -0.25) is 4.79 Å². The summed E-state index contributed by atoms with van der Waals surface area (Å²) in [6.07, 6.45) is 1.73. The maximum Gasteiger partial charge on any atom is 0.154 e. The van der Waals surface area contributed by atoms with E-state index in [-0.39, 0.29) is 18.6 Å². The fourth-order valence-electron chi connectivity index (χ4n) is 0.915. The van der Waals surface area contributed by atoms with Gasteiger partial charge in [0, 0.05) is 0 Å². The summed E-state index contributed by atoms with van der Waals surface area (Å²) in [4.78, 5) is 11.0. The predicted octanol–water partition coefficient (Wildman–Crippen LogP) is 1.61. The van der Waals surface area contributed by atoms with Crippen LogP contribution < -0.4 is 0 Å². The van der Waals surface area contributed by atoms with Crippen molar-refractivity contribution >= 4 is 5.78 Å². The van der Waals surface area contributed by atoms with Gasteiger partial charge in [0.15, 0.2) is 5.78 Å². The molecule has 1 aromatic rings. The fraction of sp³-hybridized carbons (Fsp3) is 0.333. The van der Waals surface area contributed by atoms with Crippen LogP contribution in [0, 0.1) is 18.3 Å². The third-order valence-corrected chi connectivity index (χ3v) is 1.60. The average molecular weight is 163 g/mol. The normalized spacial score (nSPS) is 9.33. The zero-order valence-electron chi connectivity index (χ0n) is 6.83. The summed E-state index contributed by atoms with van der Waals surface area (Å²) >= 11 is 0. The highest BCUT2D eigenvalue weighted by atomic mass is 16.3. The molecule has 0 saturated carbocycles. The monoisotopic (exact) mass is 163 g/mol. The summed E-state index contributed by atoms with van der Waals surface area (Å²) in [5.41, 5.74) is 0.960. The first-order chi connectivity index (χ1) is 5.74. The molecule has 0 N–H and O–H groups in total. The third kappa shape index (κ3) is 1.96. The molecule has 0 aliphatic carbocycles. The van der Waals surface area contributed by atoms with E-state index in [2.05, 4.69) is 0 Å². The minimum Gasteiger partial charge on any atom is -0.469 e. The van der Waals surface area contributed by atoms with E-state index >= 15 is 0 Å². The molecule has 0 atom stereocenters. The molecule has 0 aliphatic rings. The highest BCUT2D eigenvalue weighted by Gasteiger charge is 2.07. The maximum absolute atomic E-state index is 11.0. The molecule has 0 saturated heterocycles. The molecule has 0 spiro atoms. The molecule has 1 aromatic heterocycles. The lowest BCUT2D eigenvalue weighted by atomic mass is 10.1. The van der Waals surface area contributed by atoms with Gasteiger partial charge in [0.1, 0.15) is 5.76 Å². The van der Waals surface area contributed by atoms with E-state index in [4.69, 9.17) is 9.68 Å². The van der Waals surface area contributed by atoms with E-state index in [1.54, 1.807) is 12.3 Å². The lowest BCUT2D eigenvalue weighted by molar-refractivity contribution is -0.117. The number of carbonyl (C=O) groups excluding carboxylic acids is 1. The third-order valence-electron chi connectivity index (χ3n) is 1.60. The SMILES string of the molecule is Cc1ccoc1CC(=O)CC#N. The number of hydrogen-bond acceptors (Lipinski definition) is 3. The Balaban J connectivity index is 2.59. The van der Waals surface area contributed by atoms with Crippen molar-refractivity contribution in [1.82, 2.24) is 0 Å². The molecular formula is C9H9NO2. The van der Waals surface area contributed by atoms with Gasteiger partial charge in [-0.1, -0.05) is 0 Å². The van der Waals surface area contributed by atoms with Crippen LogP contribution in [-0.4, -0.2) is 5.78 Å². The van der Waals surface area contributed by atoms with Crippen molar-refractivity contribution in [3.8, 4) is 6.07 Å². The van der Waals surface area contributed by atoms with Crippen molar-refractivity contribution in [2.24, 2.45) is 0 Å². The van der Waals surface area contributed by atoms with Gasteiger partial charge in [-0.05, 0) is 18.6 Å². The van der Waals surface area contributed by atoms with Crippen LogP contribution in [0.25, 0.3) is 0 Å². The van der Waals surface area contributed by atoms with Crippen molar-refractivity contribution in [2.75, 3.05) is 0 Å². The quantitative estimate of drug-likeness (QED) is 0.680. The predicted molar refractivity (Wildman–Crippen MR) is 42.4 cm³/mol. The largest absolute Gasteiger partial charge is 0.469 e. The van der Waals surface area contributed by atoms with Gasteiger partial charge in [0.25, 0.3) is 0 Å². The lowest BCUT2D eigenvalue weighted by Gasteiger charge is -1.93. The number of Topliss-reactive ketones (excluding diaryl/α,β-unsaturated/α-hetero) is 1. The fourth-order valence-corrected chi connectivity index (χ4v) is 0.915. The van der Waals surface area contributed by atoms with E-state index in [1.807, 2.05) is 13.0 Å². The van der Waals surface area contributed by atoms with E-state index in [0.717, 1.165) is 5.56 Å². The van der Waals surface area contributed by atoms with E-state index < -0.39 is 0 Å². The first-order valence-corrected chi connectivity index (χ1v) is 3.65. The highest BCUT2D eigenvalue weighted by Crippen LogP contribution is 2.09. The number of furan rings is 1. The van der Waals surface area contributed by atoms with Gasteiger partial charge in [-0.2, -0.15) is 5.26 Å². The summed E-state index contributed by atoms with van der Waals surface area (Å²) < 4.78 is 5.05. The van der Waals surface area contributed by atoms with E-state index in [1.165, 1.54) is 0 Å². The summed E-state index contributed by atoms with van der Waals surface area (Å²) in [6, 6.07) is 3.61. The summed E-state index contributed by atoms with van der Waals surface area (Å²) in [7, 11) is 0. The van der Waals surface area contributed by atoms with Crippen molar-refractivity contribution in [2.45, 2.75) is 19.8 Å². The summed E-state index contributed by atoms with van der Waals surface area (Å²) in [5.74, 6) is 0.561. The Hall–Kier alpha value is -1.56. The molecule has 0 amide bonds. The zero-order valence-corrected chi connectivity index (χ0v) is 6.83. The second-order valence-corrected chi connectivity index (χ2v) is 2.58. The Bertz CT molecular complexity index is 320. The smallest absolute Gasteiger partial charge is 0.154 e. The Morgan fingerprint density at radius 1 is 1.75 bits per heavy atom. The van der Waals surface area contributed by atoms with Crippen LogP contribution in [0.1, 0.15) is 17.7 Å². The summed E-state index contributed by atoms with van der Waals surface area (Å²) in [6.45, 7) is 1.87. The minimum absolute atomic E-state index is 0.0415. The van der Waals surface area contributed by atoms with Crippen LogP contribution in [0.5, 0.6) is 0 Å². The van der Waals surface area contributed by atoms with E-state index in [9.17, 15) is 4.79 Å². The first-order valence-electron chi connectivity index (χ1n) is 3.65. The standard InChI is InChI=1S/C9H9NO2/c1-7-3-5-12-9(7)6-8(11)2-4-10/h3,5H,2,6H2,1H3. The maximum atomic E-state index is 11.0. The van der Waals surface area contributed by atoms with Gasteiger partial charge in [-0.25, -0.2) is 0 Å². The van der Waals surface area contributed by atoms with Gasteiger partial charge in [-0.15, -0.1) is 0 Å².